The maximum absolute atomic E-state index is 12.0. The van der Waals surface area contributed by atoms with Gasteiger partial charge in [-0.1, -0.05) is 41.5 Å². The molecule has 0 saturated heterocycles. The number of carbonyl (C=O) groups excluding carboxylic acids is 1. The third-order valence-electron chi connectivity index (χ3n) is 4.69. The number of carbonyl (C=O) groups is 1. The molecule has 0 radical (unpaired) electrons. The summed E-state index contributed by atoms with van der Waals surface area (Å²) in [5, 5.41) is 0. The first-order valence-corrected chi connectivity index (χ1v) is 12.9. The van der Waals surface area contributed by atoms with Crippen LogP contribution in [0.2, 0.25) is 36.3 Å². The number of hydrogen-bond donors (Lipinski definition) is 0. The highest BCUT2D eigenvalue weighted by Gasteiger charge is 2.34. The molecule has 0 heterocycles. The Morgan fingerprint density at radius 2 is 1.11 bits per heavy atom. The lowest BCUT2D eigenvalue weighted by Gasteiger charge is -2.30. The van der Waals surface area contributed by atoms with Crippen molar-refractivity contribution in [2.75, 3.05) is 6.61 Å². The van der Waals surface area contributed by atoms with Gasteiger partial charge in [0.2, 0.25) is 0 Å². The van der Waals surface area contributed by atoms with E-state index in [1.165, 1.54) is 0 Å². The molecule has 0 amide bonds. The van der Waals surface area contributed by atoms with E-state index in [9.17, 15) is 4.79 Å². The summed E-state index contributed by atoms with van der Waals surface area (Å²) in [6.07, 6.45) is 0. The van der Waals surface area contributed by atoms with Crippen LogP contribution in [0.15, 0.2) is 0 Å². The van der Waals surface area contributed by atoms with Crippen molar-refractivity contribution in [2.24, 2.45) is 0 Å². The normalized spacial score (nSPS) is 12.5. The predicted octanol–water partition coefficient (Wildman–Crippen LogP) is 4.56. The summed E-state index contributed by atoms with van der Waals surface area (Å²) in [7, 11) is -3.49. The zero-order valence-electron chi connectivity index (χ0n) is 13.7. The number of rotatable bonds is 10. The highest BCUT2D eigenvalue weighted by molar-refractivity contribution is 6.75. The maximum atomic E-state index is 12.0. The first-order chi connectivity index (χ1) is 8.96. The van der Waals surface area contributed by atoms with Crippen molar-refractivity contribution >= 4 is 22.6 Å². The predicted molar refractivity (Wildman–Crippen MR) is 86.4 cm³/mol. The first-order valence-electron chi connectivity index (χ1n) is 7.82. The van der Waals surface area contributed by atoms with E-state index in [1.54, 1.807) is 0 Å². The Morgan fingerprint density at radius 1 is 0.737 bits per heavy atom. The lowest BCUT2D eigenvalue weighted by atomic mass is 10.8. The molecule has 19 heavy (non-hydrogen) atoms. The molecule has 0 unspecified atom stereocenters. The summed E-state index contributed by atoms with van der Waals surface area (Å²) >= 11 is 0. The van der Waals surface area contributed by atoms with Crippen LogP contribution in [0, 0.1) is 0 Å². The van der Waals surface area contributed by atoms with Crippen LogP contribution < -0.4 is 0 Å². The molecule has 0 rings (SSSR count). The van der Waals surface area contributed by atoms with Gasteiger partial charge in [-0.05, 0) is 36.3 Å². The maximum Gasteiger partial charge on any atom is 0.317 e. The minimum atomic E-state index is -1.82. The van der Waals surface area contributed by atoms with Gasteiger partial charge < -0.3 is 8.85 Å². The average Bonchev–Trinajstić information content (AvgIpc) is 2.47. The van der Waals surface area contributed by atoms with Gasteiger partial charge in [0.1, 0.15) is 6.61 Å². The smallest absolute Gasteiger partial charge is 0.317 e. The van der Waals surface area contributed by atoms with E-state index >= 15 is 0 Å². The van der Waals surface area contributed by atoms with Crippen molar-refractivity contribution in [1.29, 1.82) is 0 Å². The van der Waals surface area contributed by atoms with Crippen LogP contribution in [0.25, 0.3) is 0 Å². The average molecular weight is 305 g/mol. The molecular formula is C14H32O3Si2. The van der Waals surface area contributed by atoms with Crippen molar-refractivity contribution in [3.63, 3.8) is 0 Å². The van der Waals surface area contributed by atoms with Gasteiger partial charge in [0.15, 0.2) is 8.32 Å². The Labute approximate surface area is 121 Å². The molecule has 5 heteroatoms. The molecule has 3 nitrogen and oxygen atoms in total. The summed E-state index contributed by atoms with van der Waals surface area (Å²) in [5.41, 5.74) is 0. The lowest BCUT2D eigenvalue weighted by Crippen LogP contribution is -2.42. The standard InChI is InChI=1S/C14H32O3Si2/c1-7-18(8-2,9-3)16-13-14(15)17-19(10-4,11-5)12-6/h7-13H2,1-6H3. The van der Waals surface area contributed by atoms with Gasteiger partial charge in [-0.25, -0.2) is 0 Å². The zero-order valence-corrected chi connectivity index (χ0v) is 15.7. The topological polar surface area (TPSA) is 35.5 Å². The quantitative estimate of drug-likeness (QED) is 0.555. The van der Waals surface area contributed by atoms with Crippen LogP contribution in [0.1, 0.15) is 41.5 Å². The highest BCUT2D eigenvalue weighted by atomic mass is 28.4. The molecule has 0 aromatic carbocycles. The summed E-state index contributed by atoms with van der Waals surface area (Å²) < 4.78 is 11.8. The van der Waals surface area contributed by atoms with Crippen LogP contribution in [-0.2, 0) is 13.6 Å². The van der Waals surface area contributed by atoms with E-state index in [4.69, 9.17) is 8.85 Å². The third-order valence-corrected chi connectivity index (χ3v) is 13.8. The van der Waals surface area contributed by atoms with Gasteiger partial charge in [0, 0.05) is 0 Å². The fourth-order valence-electron chi connectivity index (χ4n) is 2.51. The second kappa shape index (κ2) is 8.92. The van der Waals surface area contributed by atoms with E-state index in [1.807, 2.05) is 0 Å². The third kappa shape index (κ3) is 5.40. The lowest BCUT2D eigenvalue weighted by molar-refractivity contribution is -0.137. The van der Waals surface area contributed by atoms with E-state index in [0.717, 1.165) is 36.3 Å². The largest absolute Gasteiger partial charge is 0.517 e. The Kier molecular flexibility index (Phi) is 8.86. The fourth-order valence-corrected chi connectivity index (χ4v) is 7.52. The van der Waals surface area contributed by atoms with Crippen molar-refractivity contribution < 1.29 is 13.6 Å². The van der Waals surface area contributed by atoms with Gasteiger partial charge in [-0.3, -0.25) is 4.79 Å². The van der Waals surface area contributed by atoms with Gasteiger partial charge in [0.05, 0.1) is 0 Å². The molecule has 0 aliphatic carbocycles. The molecule has 0 atom stereocenters. The first kappa shape index (κ1) is 18.9. The van der Waals surface area contributed by atoms with Gasteiger partial charge in [-0.15, -0.1) is 0 Å². The monoisotopic (exact) mass is 304 g/mol. The molecule has 0 fully saturated rings. The minimum absolute atomic E-state index is 0.135. The second-order valence-corrected chi connectivity index (χ2v) is 14.7. The van der Waals surface area contributed by atoms with Crippen LogP contribution in [0.5, 0.6) is 0 Å². The summed E-state index contributed by atoms with van der Waals surface area (Å²) in [6.45, 7) is 13.1. The van der Waals surface area contributed by atoms with E-state index < -0.39 is 16.6 Å². The summed E-state index contributed by atoms with van der Waals surface area (Å²) in [4.78, 5) is 12.0. The molecular weight excluding hydrogens is 272 g/mol. The number of hydrogen-bond acceptors (Lipinski definition) is 3. The van der Waals surface area contributed by atoms with Crippen molar-refractivity contribution in [2.45, 2.75) is 77.8 Å². The van der Waals surface area contributed by atoms with Crippen LogP contribution in [-0.4, -0.2) is 29.2 Å². The molecule has 0 aromatic rings. The Hall–Kier alpha value is -0.136. The van der Waals surface area contributed by atoms with E-state index in [0.29, 0.717) is 0 Å². The Balaban J connectivity index is 4.46. The van der Waals surface area contributed by atoms with Gasteiger partial charge in [0.25, 0.3) is 8.32 Å². The van der Waals surface area contributed by atoms with Crippen molar-refractivity contribution in [1.82, 2.24) is 0 Å². The molecule has 0 aliphatic heterocycles. The highest BCUT2D eigenvalue weighted by Crippen LogP contribution is 2.24. The van der Waals surface area contributed by atoms with Gasteiger partial charge >= 0.3 is 5.97 Å². The molecule has 0 N–H and O–H groups in total. The van der Waals surface area contributed by atoms with Crippen LogP contribution in [0.3, 0.4) is 0 Å². The van der Waals surface area contributed by atoms with Gasteiger partial charge in [-0.2, -0.15) is 0 Å². The molecule has 0 aliphatic rings. The van der Waals surface area contributed by atoms with Crippen molar-refractivity contribution in [3.05, 3.63) is 0 Å². The summed E-state index contributed by atoms with van der Waals surface area (Å²) in [6, 6.07) is 6.23. The molecule has 0 bridgehead atoms. The SMILES string of the molecule is CC[Si](CC)(CC)OCC(=O)O[Si](CC)(CC)CC. The van der Waals surface area contributed by atoms with Crippen LogP contribution in [0.4, 0.5) is 0 Å². The fraction of sp³-hybridized carbons (Fsp3) is 0.929. The van der Waals surface area contributed by atoms with E-state index in [-0.39, 0.29) is 12.6 Å². The van der Waals surface area contributed by atoms with Crippen LogP contribution >= 0.6 is 0 Å². The summed E-state index contributed by atoms with van der Waals surface area (Å²) in [5.74, 6) is -0.135. The molecule has 114 valence electrons. The van der Waals surface area contributed by atoms with E-state index in [2.05, 4.69) is 41.5 Å². The zero-order chi connectivity index (χ0) is 14.9. The molecule has 0 saturated carbocycles. The molecule has 0 aromatic heterocycles. The Morgan fingerprint density at radius 3 is 1.42 bits per heavy atom. The second-order valence-electron chi connectivity index (χ2n) is 5.25. The van der Waals surface area contributed by atoms with Crippen molar-refractivity contribution in [3.8, 4) is 0 Å². The Bertz CT molecular complexity index is 245. The minimum Gasteiger partial charge on any atom is -0.517 e. The molecule has 0 spiro atoms.